The van der Waals surface area contributed by atoms with Crippen molar-refractivity contribution in [1.82, 2.24) is 9.27 Å². The highest BCUT2D eigenvalue weighted by Crippen LogP contribution is 2.32. The maximum absolute atomic E-state index is 11.9. The molecule has 2 rings (SSSR count). The van der Waals surface area contributed by atoms with E-state index in [9.17, 15) is 4.79 Å². The van der Waals surface area contributed by atoms with Gasteiger partial charge in [-0.2, -0.15) is 4.37 Å². The number of nitrogens with zero attached hydrogens (tertiary/aromatic N) is 2. The highest BCUT2D eigenvalue weighted by Gasteiger charge is 2.32. The normalized spacial score (nSPS) is 21.9. The maximum Gasteiger partial charge on any atom is 0.223 e. The number of likely N-dealkylation sites (tertiary alicyclic amines) is 1. The van der Waals surface area contributed by atoms with Crippen LogP contribution < -0.4 is 0 Å². The van der Waals surface area contributed by atoms with Gasteiger partial charge in [0, 0.05) is 23.9 Å². The average molecular weight is 266 g/mol. The molecule has 2 atom stereocenters. The Morgan fingerprint density at radius 1 is 1.50 bits per heavy atom. The number of hydrogen-bond donors (Lipinski definition) is 0. The summed E-state index contributed by atoms with van der Waals surface area (Å²) in [4.78, 5) is 15.2. The van der Waals surface area contributed by atoms with Gasteiger partial charge in [0.1, 0.15) is 0 Å². The van der Waals surface area contributed by atoms with Gasteiger partial charge in [0.15, 0.2) is 0 Å². The Bertz CT molecular complexity index is 427. The Kier molecular flexibility index (Phi) is 4.05. The van der Waals surface area contributed by atoms with E-state index >= 15 is 0 Å². The van der Waals surface area contributed by atoms with Gasteiger partial charge in [-0.15, -0.1) is 0 Å². The Labute approximate surface area is 113 Å². The molecule has 0 bridgehead atoms. The molecule has 1 aliphatic heterocycles. The largest absolute Gasteiger partial charge is 0.340 e. The van der Waals surface area contributed by atoms with Crippen molar-refractivity contribution < 1.29 is 4.79 Å². The van der Waals surface area contributed by atoms with E-state index in [0.29, 0.717) is 23.8 Å². The molecule has 4 heteroatoms. The second-order valence-corrected chi connectivity index (χ2v) is 6.55. The van der Waals surface area contributed by atoms with E-state index < -0.39 is 0 Å². The highest BCUT2D eigenvalue weighted by atomic mass is 32.1. The second-order valence-electron chi connectivity index (χ2n) is 5.72. The molecule has 1 aromatic heterocycles. The average Bonchev–Trinajstić information content (AvgIpc) is 2.85. The van der Waals surface area contributed by atoms with Crippen LogP contribution in [0.3, 0.4) is 0 Å². The van der Waals surface area contributed by atoms with E-state index in [0.717, 1.165) is 25.1 Å². The number of rotatable bonds is 4. The number of aryl methyl sites for hydroxylation is 1. The first-order valence-corrected chi connectivity index (χ1v) is 7.47. The Morgan fingerprint density at radius 2 is 2.22 bits per heavy atom. The second kappa shape index (κ2) is 5.39. The van der Waals surface area contributed by atoms with Crippen LogP contribution in [0.25, 0.3) is 0 Å². The minimum Gasteiger partial charge on any atom is -0.340 e. The molecular formula is C14H22N2OS. The molecule has 0 spiro atoms. The zero-order valence-electron chi connectivity index (χ0n) is 11.6. The predicted octanol–water partition coefficient (Wildman–Crippen LogP) is 3.20. The van der Waals surface area contributed by atoms with Crippen molar-refractivity contribution in [1.29, 1.82) is 0 Å². The fourth-order valence-corrected chi connectivity index (χ4v) is 3.50. The Morgan fingerprint density at radius 3 is 2.72 bits per heavy atom. The minimum atomic E-state index is 0.322. The lowest BCUT2D eigenvalue weighted by molar-refractivity contribution is -0.129. The summed E-state index contributed by atoms with van der Waals surface area (Å²) in [6.45, 7) is 9.40. The summed E-state index contributed by atoms with van der Waals surface area (Å²) < 4.78 is 4.33. The number of hydrogen-bond acceptors (Lipinski definition) is 3. The molecule has 3 nitrogen and oxygen atoms in total. The van der Waals surface area contributed by atoms with E-state index in [2.05, 4.69) is 31.2 Å². The summed E-state index contributed by atoms with van der Waals surface area (Å²) in [6.07, 6.45) is 1.82. The van der Waals surface area contributed by atoms with Crippen molar-refractivity contribution in [3.05, 3.63) is 16.6 Å². The number of aromatic nitrogens is 1. The molecule has 2 heterocycles. The van der Waals surface area contributed by atoms with Gasteiger partial charge in [0.05, 0.1) is 5.69 Å². The summed E-state index contributed by atoms with van der Waals surface area (Å²) in [6, 6.07) is 2.51. The summed E-state index contributed by atoms with van der Waals surface area (Å²) in [5, 5.41) is 0. The molecule has 100 valence electrons. The monoisotopic (exact) mass is 266 g/mol. The molecule has 2 unspecified atom stereocenters. The molecule has 1 saturated heterocycles. The van der Waals surface area contributed by atoms with Crippen LogP contribution in [0.1, 0.15) is 50.1 Å². The molecular weight excluding hydrogens is 244 g/mol. The standard InChI is InChI=1S/C14H22N2OS/c1-9(2)16-8-12(7-14(16)17)5-10(3)13-6-11(4)15-18-13/h6,9-10,12H,5,7-8H2,1-4H3. The van der Waals surface area contributed by atoms with Crippen LogP contribution in [-0.2, 0) is 4.79 Å². The third-order valence-electron chi connectivity index (χ3n) is 3.68. The summed E-state index contributed by atoms with van der Waals surface area (Å²) in [7, 11) is 0. The first kappa shape index (κ1) is 13.5. The number of carbonyl (C=O) groups excluding carboxylic acids is 1. The first-order valence-electron chi connectivity index (χ1n) is 6.70. The zero-order valence-corrected chi connectivity index (χ0v) is 12.5. The van der Waals surface area contributed by atoms with Gasteiger partial charge in [0.2, 0.25) is 5.91 Å². The van der Waals surface area contributed by atoms with E-state index in [1.54, 1.807) is 11.5 Å². The third kappa shape index (κ3) is 2.91. The summed E-state index contributed by atoms with van der Waals surface area (Å²) >= 11 is 1.60. The number of amides is 1. The van der Waals surface area contributed by atoms with Gasteiger partial charge in [-0.3, -0.25) is 4.79 Å². The van der Waals surface area contributed by atoms with Crippen molar-refractivity contribution in [3.63, 3.8) is 0 Å². The molecule has 1 amide bonds. The van der Waals surface area contributed by atoms with Gasteiger partial charge < -0.3 is 4.90 Å². The molecule has 0 aromatic carbocycles. The molecule has 1 aromatic rings. The van der Waals surface area contributed by atoms with Crippen molar-refractivity contribution in [3.8, 4) is 0 Å². The smallest absolute Gasteiger partial charge is 0.223 e. The lowest BCUT2D eigenvalue weighted by Crippen LogP contribution is -2.32. The van der Waals surface area contributed by atoms with Gasteiger partial charge in [0.25, 0.3) is 0 Å². The quantitative estimate of drug-likeness (QED) is 0.838. The van der Waals surface area contributed by atoms with Gasteiger partial charge >= 0.3 is 0 Å². The Hall–Kier alpha value is -0.900. The third-order valence-corrected chi connectivity index (χ3v) is 4.79. The van der Waals surface area contributed by atoms with E-state index in [1.807, 2.05) is 11.8 Å². The fraction of sp³-hybridized carbons (Fsp3) is 0.714. The van der Waals surface area contributed by atoms with Crippen LogP contribution in [0.2, 0.25) is 0 Å². The lowest BCUT2D eigenvalue weighted by Gasteiger charge is -2.21. The van der Waals surface area contributed by atoms with E-state index in [4.69, 9.17) is 0 Å². The van der Waals surface area contributed by atoms with Crippen molar-refractivity contribution in [2.75, 3.05) is 6.54 Å². The van der Waals surface area contributed by atoms with Crippen LogP contribution in [-0.4, -0.2) is 27.8 Å². The molecule has 0 aliphatic carbocycles. The van der Waals surface area contributed by atoms with Crippen LogP contribution in [0.15, 0.2) is 6.07 Å². The molecule has 0 saturated carbocycles. The summed E-state index contributed by atoms with van der Waals surface area (Å²) in [5.74, 6) is 1.35. The molecule has 1 aliphatic rings. The molecule has 1 fully saturated rings. The summed E-state index contributed by atoms with van der Waals surface area (Å²) in [5.41, 5.74) is 1.10. The van der Waals surface area contributed by atoms with Gasteiger partial charge in [-0.25, -0.2) is 0 Å². The van der Waals surface area contributed by atoms with E-state index in [1.165, 1.54) is 4.88 Å². The number of carbonyl (C=O) groups is 1. The lowest BCUT2D eigenvalue weighted by atomic mass is 9.94. The van der Waals surface area contributed by atoms with Gasteiger partial charge in [-0.05, 0) is 56.6 Å². The van der Waals surface area contributed by atoms with Gasteiger partial charge in [-0.1, -0.05) is 6.92 Å². The zero-order chi connectivity index (χ0) is 13.3. The van der Waals surface area contributed by atoms with Crippen LogP contribution in [0.4, 0.5) is 0 Å². The Balaban J connectivity index is 1.93. The van der Waals surface area contributed by atoms with Crippen molar-refractivity contribution >= 4 is 17.4 Å². The van der Waals surface area contributed by atoms with Crippen molar-refractivity contribution in [2.45, 2.75) is 52.5 Å². The van der Waals surface area contributed by atoms with Crippen molar-refractivity contribution in [2.24, 2.45) is 5.92 Å². The molecule has 18 heavy (non-hydrogen) atoms. The molecule has 0 radical (unpaired) electrons. The van der Waals surface area contributed by atoms with Crippen LogP contribution in [0.5, 0.6) is 0 Å². The SMILES string of the molecule is Cc1cc(C(C)CC2CC(=O)N(C(C)C)C2)sn1. The molecule has 0 N–H and O–H groups in total. The van der Waals surface area contributed by atoms with Crippen LogP contribution in [0, 0.1) is 12.8 Å². The fourth-order valence-electron chi connectivity index (χ4n) is 2.70. The predicted molar refractivity (Wildman–Crippen MR) is 74.8 cm³/mol. The van der Waals surface area contributed by atoms with Crippen LogP contribution >= 0.6 is 11.5 Å². The maximum atomic E-state index is 11.9. The minimum absolute atomic E-state index is 0.322. The first-order chi connectivity index (χ1) is 8.47. The van der Waals surface area contributed by atoms with E-state index in [-0.39, 0.29) is 0 Å². The topological polar surface area (TPSA) is 33.2 Å². The highest BCUT2D eigenvalue weighted by molar-refractivity contribution is 7.05.